The van der Waals surface area contributed by atoms with E-state index in [9.17, 15) is 4.79 Å². The molecule has 2 saturated heterocycles. The highest BCUT2D eigenvalue weighted by molar-refractivity contribution is 6.31. The molecule has 1 aromatic carbocycles. The number of amides is 1. The average molecular weight is 417 g/mol. The van der Waals surface area contributed by atoms with E-state index in [4.69, 9.17) is 11.6 Å². The van der Waals surface area contributed by atoms with Crippen LogP contribution in [0.25, 0.3) is 0 Å². The summed E-state index contributed by atoms with van der Waals surface area (Å²) in [6.07, 6.45) is 7.75. The molecule has 1 amide bonds. The van der Waals surface area contributed by atoms with Gasteiger partial charge < -0.3 is 5.32 Å². The fraction of sp³-hybridized carbons (Fsp3) is 0.571. The monoisotopic (exact) mass is 416 g/mol. The Morgan fingerprint density at radius 3 is 2.62 bits per heavy atom. The molecule has 0 radical (unpaired) electrons. The summed E-state index contributed by atoms with van der Waals surface area (Å²) in [5.41, 5.74) is 1.10. The van der Waals surface area contributed by atoms with Crippen LogP contribution in [0, 0.1) is 0 Å². The summed E-state index contributed by atoms with van der Waals surface area (Å²) in [7, 11) is 0. The van der Waals surface area contributed by atoms with Crippen LogP contribution in [-0.4, -0.2) is 69.7 Å². The van der Waals surface area contributed by atoms with Gasteiger partial charge in [0.25, 0.3) is 0 Å². The fourth-order valence-electron chi connectivity index (χ4n) is 4.45. The molecule has 1 atom stereocenters. The van der Waals surface area contributed by atoms with Crippen molar-refractivity contribution in [2.75, 3.05) is 39.3 Å². The predicted molar refractivity (Wildman–Crippen MR) is 113 cm³/mol. The van der Waals surface area contributed by atoms with Gasteiger partial charge in [-0.15, -0.1) is 0 Å². The molecule has 7 nitrogen and oxygen atoms in total. The quantitative estimate of drug-likeness (QED) is 0.751. The molecule has 2 aromatic rings. The van der Waals surface area contributed by atoms with Gasteiger partial charge in [0, 0.05) is 24.7 Å². The molecule has 1 unspecified atom stereocenters. The van der Waals surface area contributed by atoms with Crippen molar-refractivity contribution in [1.82, 2.24) is 29.9 Å². The third kappa shape index (κ3) is 5.15. The summed E-state index contributed by atoms with van der Waals surface area (Å²) < 4.78 is 1.93. The minimum absolute atomic E-state index is 0.0838. The van der Waals surface area contributed by atoms with E-state index in [-0.39, 0.29) is 11.9 Å². The van der Waals surface area contributed by atoms with Gasteiger partial charge in [0.15, 0.2) is 0 Å². The van der Waals surface area contributed by atoms with Crippen molar-refractivity contribution in [1.29, 1.82) is 0 Å². The first-order valence-electron chi connectivity index (χ1n) is 10.5. The van der Waals surface area contributed by atoms with Crippen molar-refractivity contribution >= 4 is 17.5 Å². The van der Waals surface area contributed by atoms with Crippen LogP contribution in [0.5, 0.6) is 0 Å². The first-order valence-corrected chi connectivity index (χ1v) is 10.9. The molecule has 156 valence electrons. The molecule has 1 N–H and O–H groups in total. The second kappa shape index (κ2) is 9.69. The minimum atomic E-state index is 0.0838. The van der Waals surface area contributed by atoms with Crippen molar-refractivity contribution in [3.05, 3.63) is 47.5 Å². The molecule has 29 heavy (non-hydrogen) atoms. The van der Waals surface area contributed by atoms with E-state index in [2.05, 4.69) is 31.3 Å². The van der Waals surface area contributed by atoms with Crippen LogP contribution in [0.1, 0.15) is 43.3 Å². The fourth-order valence-corrected chi connectivity index (χ4v) is 4.71. The standard InChI is InChI=1S/C21H29ClN6O/c22-19-6-2-1-5-18(19)20(27-9-3-4-10-27)13-24-21(29)14-26-11-7-17(8-12-26)28-16-23-15-25-28/h1-2,5-6,15-17,20H,3-4,7-14H2,(H,24,29). The van der Waals surface area contributed by atoms with Crippen molar-refractivity contribution in [3.8, 4) is 0 Å². The molecule has 0 bridgehead atoms. The van der Waals surface area contributed by atoms with E-state index in [0.717, 1.165) is 49.6 Å². The maximum absolute atomic E-state index is 12.6. The number of benzene rings is 1. The lowest BCUT2D eigenvalue weighted by Gasteiger charge is -2.32. The summed E-state index contributed by atoms with van der Waals surface area (Å²) in [4.78, 5) is 21.3. The molecule has 4 rings (SSSR count). The number of carbonyl (C=O) groups excluding carboxylic acids is 1. The molecule has 0 saturated carbocycles. The number of rotatable bonds is 7. The number of hydrogen-bond acceptors (Lipinski definition) is 5. The highest BCUT2D eigenvalue weighted by Crippen LogP contribution is 2.29. The zero-order chi connectivity index (χ0) is 20.1. The van der Waals surface area contributed by atoms with Crippen LogP contribution in [0.3, 0.4) is 0 Å². The number of likely N-dealkylation sites (tertiary alicyclic amines) is 2. The maximum Gasteiger partial charge on any atom is 0.234 e. The second-order valence-electron chi connectivity index (χ2n) is 7.97. The molecular weight excluding hydrogens is 388 g/mol. The van der Waals surface area contributed by atoms with Gasteiger partial charge in [-0.05, 0) is 50.4 Å². The Labute approximate surface area is 177 Å². The largest absolute Gasteiger partial charge is 0.353 e. The maximum atomic E-state index is 12.6. The Bertz CT molecular complexity index is 784. The average Bonchev–Trinajstić information content (AvgIpc) is 3.44. The smallest absolute Gasteiger partial charge is 0.234 e. The molecule has 8 heteroatoms. The summed E-state index contributed by atoms with van der Waals surface area (Å²) in [6.45, 7) is 4.95. The molecular formula is C21H29ClN6O. The van der Waals surface area contributed by atoms with Crippen molar-refractivity contribution in [2.45, 2.75) is 37.8 Å². The number of hydrogen-bond donors (Lipinski definition) is 1. The number of aromatic nitrogens is 3. The van der Waals surface area contributed by atoms with E-state index in [0.29, 0.717) is 19.1 Å². The van der Waals surface area contributed by atoms with Gasteiger partial charge >= 0.3 is 0 Å². The first kappa shape index (κ1) is 20.3. The summed E-state index contributed by atoms with van der Waals surface area (Å²) >= 11 is 6.47. The van der Waals surface area contributed by atoms with Crippen molar-refractivity contribution < 1.29 is 4.79 Å². The van der Waals surface area contributed by atoms with Crippen molar-refractivity contribution in [3.63, 3.8) is 0 Å². The van der Waals surface area contributed by atoms with E-state index in [1.165, 1.54) is 12.8 Å². The van der Waals surface area contributed by atoms with E-state index < -0.39 is 0 Å². The number of nitrogens with zero attached hydrogens (tertiary/aromatic N) is 5. The molecule has 2 fully saturated rings. The number of nitrogens with one attached hydrogen (secondary N) is 1. The van der Waals surface area contributed by atoms with Crippen LogP contribution in [0.15, 0.2) is 36.9 Å². The second-order valence-corrected chi connectivity index (χ2v) is 8.37. The molecule has 1 aromatic heterocycles. The molecule has 2 aliphatic heterocycles. The third-order valence-corrected chi connectivity index (χ3v) is 6.42. The number of piperidine rings is 1. The Morgan fingerprint density at radius 2 is 1.93 bits per heavy atom. The van der Waals surface area contributed by atoms with Gasteiger partial charge in [-0.25, -0.2) is 9.67 Å². The first-order chi connectivity index (χ1) is 14.2. The Morgan fingerprint density at radius 1 is 1.17 bits per heavy atom. The summed E-state index contributed by atoms with van der Waals surface area (Å²) in [5.74, 6) is 0.0838. The normalized spacial score (nSPS) is 20.0. The van der Waals surface area contributed by atoms with Gasteiger partial charge in [0.05, 0.1) is 18.6 Å². The summed E-state index contributed by atoms with van der Waals surface area (Å²) in [5, 5.41) is 8.18. The highest BCUT2D eigenvalue weighted by Gasteiger charge is 2.26. The number of halogens is 1. The summed E-state index contributed by atoms with van der Waals surface area (Å²) in [6, 6.07) is 8.50. The van der Waals surface area contributed by atoms with E-state index >= 15 is 0 Å². The lowest BCUT2D eigenvalue weighted by atomic mass is 10.0. The zero-order valence-electron chi connectivity index (χ0n) is 16.7. The zero-order valence-corrected chi connectivity index (χ0v) is 17.5. The molecule has 3 heterocycles. The van der Waals surface area contributed by atoms with Gasteiger partial charge in [-0.2, -0.15) is 5.10 Å². The van der Waals surface area contributed by atoms with Crippen LogP contribution in [0.4, 0.5) is 0 Å². The lowest BCUT2D eigenvalue weighted by molar-refractivity contribution is -0.122. The molecule has 0 spiro atoms. The topological polar surface area (TPSA) is 66.3 Å². The Hall–Kier alpha value is -1.96. The van der Waals surface area contributed by atoms with E-state index in [1.807, 2.05) is 22.9 Å². The van der Waals surface area contributed by atoms with Crippen LogP contribution >= 0.6 is 11.6 Å². The minimum Gasteiger partial charge on any atom is -0.353 e. The predicted octanol–water partition coefficient (Wildman–Crippen LogP) is 2.52. The number of carbonyl (C=O) groups is 1. The van der Waals surface area contributed by atoms with Gasteiger partial charge in [-0.1, -0.05) is 29.8 Å². The van der Waals surface area contributed by atoms with Crippen LogP contribution in [-0.2, 0) is 4.79 Å². The van der Waals surface area contributed by atoms with Gasteiger partial charge in [0.2, 0.25) is 5.91 Å². The van der Waals surface area contributed by atoms with Crippen LogP contribution < -0.4 is 5.32 Å². The highest BCUT2D eigenvalue weighted by atomic mass is 35.5. The van der Waals surface area contributed by atoms with Gasteiger partial charge in [-0.3, -0.25) is 14.6 Å². The molecule has 0 aliphatic carbocycles. The third-order valence-electron chi connectivity index (χ3n) is 6.07. The van der Waals surface area contributed by atoms with Crippen molar-refractivity contribution in [2.24, 2.45) is 0 Å². The Kier molecular flexibility index (Phi) is 6.79. The van der Waals surface area contributed by atoms with Crippen LogP contribution in [0.2, 0.25) is 5.02 Å². The molecule has 2 aliphatic rings. The Balaban J connectivity index is 1.29. The SMILES string of the molecule is O=C(CN1CCC(n2cncn2)CC1)NCC(c1ccccc1Cl)N1CCCC1. The lowest BCUT2D eigenvalue weighted by Crippen LogP contribution is -2.44. The van der Waals surface area contributed by atoms with Gasteiger partial charge in [0.1, 0.15) is 12.7 Å². The van der Waals surface area contributed by atoms with E-state index in [1.54, 1.807) is 12.7 Å².